The molecule has 1 aromatic heterocycles. The van der Waals surface area contributed by atoms with Gasteiger partial charge in [-0.2, -0.15) is 0 Å². The van der Waals surface area contributed by atoms with Crippen LogP contribution in [0.3, 0.4) is 0 Å². The molecule has 0 radical (unpaired) electrons. The van der Waals surface area contributed by atoms with Crippen LogP contribution in [-0.4, -0.2) is 38.2 Å². The highest BCUT2D eigenvalue weighted by molar-refractivity contribution is 5.75. The minimum absolute atomic E-state index is 0.0226. The van der Waals surface area contributed by atoms with E-state index in [1.165, 1.54) is 5.56 Å². The van der Waals surface area contributed by atoms with Crippen molar-refractivity contribution in [3.05, 3.63) is 34.4 Å². The molecule has 30 heavy (non-hydrogen) atoms. The van der Waals surface area contributed by atoms with Gasteiger partial charge in [0.2, 0.25) is 0 Å². The number of phenols is 1. The van der Waals surface area contributed by atoms with Crippen molar-refractivity contribution in [1.82, 2.24) is 10.2 Å². The maximum Gasteiger partial charge on any atom is 0.152 e. The second kappa shape index (κ2) is 6.92. The van der Waals surface area contributed by atoms with Crippen LogP contribution in [0.15, 0.2) is 12.1 Å². The Bertz CT molecular complexity index is 1000. The average molecular weight is 408 g/mol. The molecule has 2 fully saturated rings. The summed E-state index contributed by atoms with van der Waals surface area (Å²) in [6, 6.07) is 4.14. The Labute approximate surface area is 176 Å². The molecule has 1 aromatic carbocycles. The van der Waals surface area contributed by atoms with Gasteiger partial charge in [0.25, 0.3) is 0 Å². The van der Waals surface area contributed by atoms with Crippen molar-refractivity contribution in [3.8, 4) is 17.0 Å². The molecule has 3 N–H and O–H groups in total. The fourth-order valence-electron chi connectivity index (χ4n) is 5.54. The van der Waals surface area contributed by atoms with Crippen LogP contribution in [0.25, 0.3) is 11.3 Å². The van der Waals surface area contributed by atoms with Gasteiger partial charge < -0.3 is 20.3 Å². The summed E-state index contributed by atoms with van der Waals surface area (Å²) in [5.41, 5.74) is 5.95. The summed E-state index contributed by atoms with van der Waals surface area (Å²) >= 11 is 0. The summed E-state index contributed by atoms with van der Waals surface area (Å²) in [6.07, 6.45) is 9.68. The summed E-state index contributed by atoms with van der Waals surface area (Å²) in [5, 5.41) is 34.1. The molecule has 158 valence electrons. The summed E-state index contributed by atoms with van der Waals surface area (Å²) in [4.78, 5) is 0. The number of hydrogen-bond donors (Lipinski definition) is 3. The Balaban J connectivity index is 1.42. The number of hydrogen-bond acceptors (Lipinski definition) is 6. The van der Waals surface area contributed by atoms with E-state index in [0.717, 1.165) is 98.0 Å². The number of aromatic nitrogens is 2. The normalized spacial score (nSPS) is 26.3. The van der Waals surface area contributed by atoms with Crippen molar-refractivity contribution < 1.29 is 14.9 Å². The first-order valence-electron chi connectivity index (χ1n) is 11.4. The predicted molar refractivity (Wildman–Crippen MR) is 114 cm³/mol. The van der Waals surface area contributed by atoms with Gasteiger partial charge in [0.1, 0.15) is 11.4 Å². The molecule has 2 atom stereocenters. The lowest BCUT2D eigenvalue weighted by Gasteiger charge is -2.32. The van der Waals surface area contributed by atoms with E-state index in [1.54, 1.807) is 0 Å². The molecule has 6 rings (SSSR count). The largest absolute Gasteiger partial charge is 0.507 e. The number of anilines is 1. The molecule has 6 heteroatoms. The zero-order valence-electron chi connectivity index (χ0n) is 17.3. The monoisotopic (exact) mass is 407 g/mol. The Kier molecular flexibility index (Phi) is 4.29. The molecule has 0 saturated heterocycles. The van der Waals surface area contributed by atoms with Gasteiger partial charge in [-0.15, -0.1) is 10.2 Å². The Morgan fingerprint density at radius 3 is 2.70 bits per heavy atom. The first-order chi connectivity index (χ1) is 14.6. The third-order valence-electron chi connectivity index (χ3n) is 7.57. The van der Waals surface area contributed by atoms with Crippen LogP contribution < -0.4 is 5.32 Å². The van der Waals surface area contributed by atoms with Gasteiger partial charge >= 0.3 is 0 Å². The number of aliphatic hydroxyl groups excluding tert-OH is 1. The van der Waals surface area contributed by atoms with Gasteiger partial charge in [0.05, 0.1) is 24.4 Å². The van der Waals surface area contributed by atoms with Crippen LogP contribution in [0.2, 0.25) is 0 Å². The zero-order valence-corrected chi connectivity index (χ0v) is 17.3. The number of benzene rings is 1. The van der Waals surface area contributed by atoms with E-state index in [2.05, 4.69) is 21.6 Å². The van der Waals surface area contributed by atoms with E-state index in [-0.39, 0.29) is 17.7 Å². The number of nitrogens with zero attached hydrogens (tertiary/aromatic N) is 2. The third-order valence-corrected chi connectivity index (χ3v) is 7.57. The van der Waals surface area contributed by atoms with Crippen molar-refractivity contribution in [2.75, 3.05) is 5.32 Å². The van der Waals surface area contributed by atoms with Gasteiger partial charge in [0, 0.05) is 23.1 Å². The second-order valence-corrected chi connectivity index (χ2v) is 9.56. The van der Waals surface area contributed by atoms with Crippen molar-refractivity contribution in [2.45, 2.75) is 88.6 Å². The first kappa shape index (κ1) is 18.6. The highest BCUT2D eigenvalue weighted by Gasteiger charge is 2.48. The molecule has 0 unspecified atom stereocenters. The number of nitrogens with one attached hydrogen (secondary N) is 1. The standard InChI is InChI=1S/C24H29N3O3/c28-20-7-2-1-6-19(20)25-23-17-12-24(10-11-24)30-13-18(17)21(26-27-23)16-9-8-14-4-3-5-15(14)22(16)29/h8-9,19-20,28-29H,1-7,10-13H2,(H,25,27)/t19-,20-/m1/s1. The quantitative estimate of drug-likeness (QED) is 0.720. The number of phenolic OH excluding ortho intramolecular Hbond substituents is 1. The number of ether oxygens (including phenoxy) is 1. The smallest absolute Gasteiger partial charge is 0.152 e. The molecule has 2 aromatic rings. The molecular formula is C24H29N3O3. The van der Waals surface area contributed by atoms with E-state index in [0.29, 0.717) is 12.4 Å². The Hall–Kier alpha value is -2.18. The average Bonchev–Trinajstić information content (AvgIpc) is 3.31. The summed E-state index contributed by atoms with van der Waals surface area (Å²) in [7, 11) is 0. The SMILES string of the molecule is Oc1c(-c2nnc(N[C@@H]3CCCC[C@H]3O)c3c2COC2(CC2)C3)ccc2c1CCC2. The lowest BCUT2D eigenvalue weighted by molar-refractivity contribution is 0.00826. The van der Waals surface area contributed by atoms with E-state index in [4.69, 9.17) is 4.74 Å². The molecule has 0 bridgehead atoms. The Morgan fingerprint density at radius 1 is 1.00 bits per heavy atom. The van der Waals surface area contributed by atoms with Crippen molar-refractivity contribution in [2.24, 2.45) is 0 Å². The van der Waals surface area contributed by atoms with Crippen LogP contribution in [0.4, 0.5) is 5.82 Å². The number of rotatable bonds is 3. The molecular weight excluding hydrogens is 378 g/mol. The molecule has 0 amide bonds. The number of aliphatic hydroxyl groups is 1. The van der Waals surface area contributed by atoms with Crippen molar-refractivity contribution in [3.63, 3.8) is 0 Å². The van der Waals surface area contributed by atoms with Crippen molar-refractivity contribution >= 4 is 5.82 Å². The van der Waals surface area contributed by atoms with Gasteiger partial charge in [-0.3, -0.25) is 0 Å². The molecule has 1 aliphatic heterocycles. The third kappa shape index (κ3) is 3.00. The lowest BCUT2D eigenvalue weighted by Crippen LogP contribution is -2.37. The minimum Gasteiger partial charge on any atom is -0.507 e. The first-order valence-corrected chi connectivity index (χ1v) is 11.4. The fourth-order valence-corrected chi connectivity index (χ4v) is 5.54. The maximum atomic E-state index is 11.0. The number of aryl methyl sites for hydroxylation is 1. The van der Waals surface area contributed by atoms with Crippen LogP contribution in [0, 0.1) is 0 Å². The maximum absolute atomic E-state index is 11.0. The van der Waals surface area contributed by atoms with Gasteiger partial charge in [-0.25, -0.2) is 0 Å². The molecule has 2 saturated carbocycles. The van der Waals surface area contributed by atoms with E-state index in [1.807, 2.05) is 6.07 Å². The topological polar surface area (TPSA) is 87.5 Å². The highest BCUT2D eigenvalue weighted by atomic mass is 16.5. The van der Waals surface area contributed by atoms with Crippen LogP contribution >= 0.6 is 0 Å². The predicted octanol–water partition coefficient (Wildman–Crippen LogP) is 3.66. The van der Waals surface area contributed by atoms with Crippen molar-refractivity contribution in [1.29, 1.82) is 0 Å². The van der Waals surface area contributed by atoms with Gasteiger partial charge in [-0.1, -0.05) is 18.9 Å². The highest BCUT2D eigenvalue weighted by Crippen LogP contribution is 2.50. The zero-order chi connectivity index (χ0) is 20.3. The van der Waals surface area contributed by atoms with Gasteiger partial charge in [0.15, 0.2) is 5.82 Å². The molecule has 4 aliphatic rings. The van der Waals surface area contributed by atoms with E-state index in [9.17, 15) is 10.2 Å². The Morgan fingerprint density at radius 2 is 1.87 bits per heavy atom. The lowest BCUT2D eigenvalue weighted by atomic mass is 9.91. The van der Waals surface area contributed by atoms with Crippen LogP contribution in [0.5, 0.6) is 5.75 Å². The summed E-state index contributed by atoms with van der Waals surface area (Å²) in [6.45, 7) is 0.499. The van der Waals surface area contributed by atoms with E-state index < -0.39 is 0 Å². The number of aromatic hydroxyl groups is 1. The molecule has 2 heterocycles. The minimum atomic E-state index is -0.341. The molecule has 1 spiro atoms. The van der Waals surface area contributed by atoms with Crippen LogP contribution in [-0.2, 0) is 30.6 Å². The molecule has 3 aliphatic carbocycles. The molecule has 6 nitrogen and oxygen atoms in total. The second-order valence-electron chi connectivity index (χ2n) is 9.56. The summed E-state index contributed by atoms with van der Waals surface area (Å²) in [5.74, 6) is 1.14. The summed E-state index contributed by atoms with van der Waals surface area (Å²) < 4.78 is 6.24. The fraction of sp³-hybridized carbons (Fsp3) is 0.583. The van der Waals surface area contributed by atoms with Gasteiger partial charge in [-0.05, 0) is 62.1 Å². The van der Waals surface area contributed by atoms with E-state index >= 15 is 0 Å². The van der Waals surface area contributed by atoms with Crippen LogP contribution in [0.1, 0.15) is 67.2 Å². The number of fused-ring (bicyclic) bond motifs is 2.